The number of hydrogen-bond acceptors (Lipinski definition) is 2. The monoisotopic (exact) mass is 298 g/mol. The average Bonchev–Trinajstić information content (AvgIpc) is 2.58. The van der Waals surface area contributed by atoms with E-state index in [1.807, 2.05) is 54.6 Å². The molecule has 0 saturated carbocycles. The Morgan fingerprint density at radius 1 is 1.00 bits per heavy atom. The van der Waals surface area contributed by atoms with Gasteiger partial charge in [-0.25, -0.2) is 0 Å². The smallest absolute Gasteiger partial charge is 0.120 e. The summed E-state index contributed by atoms with van der Waals surface area (Å²) in [5.74, 6) is 1.47. The van der Waals surface area contributed by atoms with Crippen molar-refractivity contribution in [1.29, 1.82) is 0 Å². The third-order valence-corrected chi connectivity index (χ3v) is 4.12. The van der Waals surface area contributed by atoms with Gasteiger partial charge in [-0.15, -0.1) is 0 Å². The molecule has 0 amide bonds. The van der Waals surface area contributed by atoms with E-state index in [1.54, 1.807) is 0 Å². The molecular formula is C20H26O2. The van der Waals surface area contributed by atoms with Crippen LogP contribution in [0.3, 0.4) is 0 Å². The van der Waals surface area contributed by atoms with Crippen LogP contribution in [0.25, 0.3) is 0 Å². The molecule has 1 N–H and O–H groups in total. The van der Waals surface area contributed by atoms with E-state index in [2.05, 4.69) is 13.8 Å². The van der Waals surface area contributed by atoms with E-state index in [0.717, 1.165) is 36.1 Å². The van der Waals surface area contributed by atoms with Crippen molar-refractivity contribution in [2.75, 3.05) is 0 Å². The molecule has 0 heterocycles. The number of benzene rings is 2. The Morgan fingerprint density at radius 3 is 2.50 bits per heavy atom. The molecule has 2 aromatic rings. The number of aliphatic hydroxyl groups is 1. The zero-order valence-electron chi connectivity index (χ0n) is 13.5. The summed E-state index contributed by atoms with van der Waals surface area (Å²) in [5.41, 5.74) is 2.08. The van der Waals surface area contributed by atoms with Gasteiger partial charge in [-0.05, 0) is 42.0 Å². The summed E-state index contributed by atoms with van der Waals surface area (Å²) in [6.45, 7) is 4.97. The van der Waals surface area contributed by atoms with Gasteiger partial charge in [0.2, 0.25) is 0 Å². The SMILES string of the molecule is CCC(C)CCC(O)c1cccc(OCc2ccccc2)c1. The molecular weight excluding hydrogens is 272 g/mol. The van der Waals surface area contributed by atoms with E-state index in [4.69, 9.17) is 4.74 Å². The molecule has 0 saturated heterocycles. The summed E-state index contributed by atoms with van der Waals surface area (Å²) in [5, 5.41) is 10.3. The summed E-state index contributed by atoms with van der Waals surface area (Å²) in [6, 6.07) is 17.9. The topological polar surface area (TPSA) is 29.5 Å². The van der Waals surface area contributed by atoms with Gasteiger partial charge in [0.1, 0.15) is 12.4 Å². The van der Waals surface area contributed by atoms with Crippen molar-refractivity contribution in [3.8, 4) is 5.75 Å². The molecule has 0 radical (unpaired) electrons. The maximum atomic E-state index is 10.3. The lowest BCUT2D eigenvalue weighted by Gasteiger charge is -2.15. The first-order valence-corrected chi connectivity index (χ1v) is 8.13. The highest BCUT2D eigenvalue weighted by Crippen LogP contribution is 2.25. The van der Waals surface area contributed by atoms with Crippen LogP contribution in [0.15, 0.2) is 54.6 Å². The Kier molecular flexibility index (Phi) is 6.47. The van der Waals surface area contributed by atoms with E-state index in [0.29, 0.717) is 12.5 Å². The van der Waals surface area contributed by atoms with Crippen molar-refractivity contribution in [3.63, 3.8) is 0 Å². The average molecular weight is 298 g/mol. The highest BCUT2D eigenvalue weighted by atomic mass is 16.5. The molecule has 2 nitrogen and oxygen atoms in total. The Bertz CT molecular complexity index is 551. The fourth-order valence-electron chi connectivity index (χ4n) is 2.37. The molecule has 2 atom stereocenters. The molecule has 2 aromatic carbocycles. The van der Waals surface area contributed by atoms with Crippen LogP contribution in [0, 0.1) is 5.92 Å². The lowest BCUT2D eigenvalue weighted by molar-refractivity contribution is 0.157. The van der Waals surface area contributed by atoms with Crippen LogP contribution in [0.5, 0.6) is 5.75 Å². The first kappa shape index (κ1) is 16.6. The second-order valence-corrected chi connectivity index (χ2v) is 5.95. The van der Waals surface area contributed by atoms with Gasteiger partial charge in [0.25, 0.3) is 0 Å². The fourth-order valence-corrected chi connectivity index (χ4v) is 2.37. The standard InChI is InChI=1S/C20H26O2/c1-3-16(2)12-13-20(21)18-10-7-11-19(14-18)22-15-17-8-5-4-6-9-17/h4-11,14,16,20-21H,3,12-13,15H2,1-2H3. The van der Waals surface area contributed by atoms with Crippen LogP contribution in [0.1, 0.15) is 50.3 Å². The normalized spacial score (nSPS) is 13.6. The van der Waals surface area contributed by atoms with Gasteiger partial charge < -0.3 is 9.84 Å². The highest BCUT2D eigenvalue weighted by Gasteiger charge is 2.10. The summed E-state index contributed by atoms with van der Waals surface area (Å²) in [6.07, 6.45) is 2.60. The second-order valence-electron chi connectivity index (χ2n) is 5.95. The van der Waals surface area contributed by atoms with Crippen LogP contribution in [0.4, 0.5) is 0 Å². The van der Waals surface area contributed by atoms with Gasteiger partial charge in [0.15, 0.2) is 0 Å². The van der Waals surface area contributed by atoms with Crippen LogP contribution in [0.2, 0.25) is 0 Å². The minimum Gasteiger partial charge on any atom is -0.489 e. The second kappa shape index (κ2) is 8.60. The Morgan fingerprint density at radius 2 is 1.77 bits per heavy atom. The number of ether oxygens (including phenoxy) is 1. The van der Waals surface area contributed by atoms with Gasteiger partial charge in [0, 0.05) is 0 Å². The van der Waals surface area contributed by atoms with Crippen molar-refractivity contribution >= 4 is 0 Å². The van der Waals surface area contributed by atoms with Gasteiger partial charge >= 0.3 is 0 Å². The highest BCUT2D eigenvalue weighted by molar-refractivity contribution is 5.30. The number of hydrogen-bond donors (Lipinski definition) is 1. The molecule has 22 heavy (non-hydrogen) atoms. The zero-order chi connectivity index (χ0) is 15.8. The van der Waals surface area contributed by atoms with Crippen molar-refractivity contribution < 1.29 is 9.84 Å². The summed E-state index contributed by atoms with van der Waals surface area (Å²) in [4.78, 5) is 0. The predicted octanol–water partition coefficient (Wildman–Crippen LogP) is 5.13. The molecule has 0 aromatic heterocycles. The minimum absolute atomic E-state index is 0.408. The third kappa shape index (κ3) is 5.19. The first-order valence-electron chi connectivity index (χ1n) is 8.13. The van der Waals surface area contributed by atoms with Crippen LogP contribution in [-0.4, -0.2) is 5.11 Å². The van der Waals surface area contributed by atoms with Crippen LogP contribution >= 0.6 is 0 Å². The molecule has 2 unspecified atom stereocenters. The molecule has 118 valence electrons. The Labute approximate surface area is 133 Å². The first-order chi connectivity index (χ1) is 10.7. The molecule has 0 aliphatic rings. The van der Waals surface area contributed by atoms with E-state index >= 15 is 0 Å². The largest absolute Gasteiger partial charge is 0.489 e. The summed E-state index contributed by atoms with van der Waals surface area (Å²) in [7, 11) is 0. The zero-order valence-corrected chi connectivity index (χ0v) is 13.5. The van der Waals surface area contributed by atoms with Crippen LogP contribution in [-0.2, 0) is 6.61 Å². The van der Waals surface area contributed by atoms with E-state index in [-0.39, 0.29) is 0 Å². The fraction of sp³-hybridized carbons (Fsp3) is 0.400. The molecule has 0 fully saturated rings. The van der Waals surface area contributed by atoms with E-state index in [1.165, 1.54) is 0 Å². The van der Waals surface area contributed by atoms with Gasteiger partial charge in [-0.1, -0.05) is 62.7 Å². The predicted molar refractivity (Wildman–Crippen MR) is 90.9 cm³/mol. The van der Waals surface area contributed by atoms with Crippen LogP contribution < -0.4 is 4.74 Å². The molecule has 2 heteroatoms. The van der Waals surface area contributed by atoms with Crippen molar-refractivity contribution in [1.82, 2.24) is 0 Å². The summed E-state index contributed by atoms with van der Waals surface area (Å²) < 4.78 is 5.82. The maximum Gasteiger partial charge on any atom is 0.120 e. The van der Waals surface area contributed by atoms with Crippen molar-refractivity contribution in [3.05, 3.63) is 65.7 Å². The minimum atomic E-state index is -0.408. The Hall–Kier alpha value is -1.80. The third-order valence-electron chi connectivity index (χ3n) is 4.12. The van der Waals surface area contributed by atoms with E-state index in [9.17, 15) is 5.11 Å². The summed E-state index contributed by atoms with van der Waals surface area (Å²) >= 11 is 0. The van der Waals surface area contributed by atoms with E-state index < -0.39 is 6.10 Å². The Balaban J connectivity index is 1.91. The molecule has 0 aliphatic heterocycles. The molecule has 0 aliphatic carbocycles. The number of aliphatic hydroxyl groups excluding tert-OH is 1. The lowest BCUT2D eigenvalue weighted by Crippen LogP contribution is -2.02. The molecule has 0 bridgehead atoms. The number of rotatable bonds is 8. The quantitative estimate of drug-likeness (QED) is 0.732. The van der Waals surface area contributed by atoms with Gasteiger partial charge in [-0.2, -0.15) is 0 Å². The lowest BCUT2D eigenvalue weighted by atomic mass is 9.97. The van der Waals surface area contributed by atoms with Crippen molar-refractivity contribution in [2.24, 2.45) is 5.92 Å². The molecule has 0 spiro atoms. The molecule has 2 rings (SSSR count). The maximum absolute atomic E-state index is 10.3. The van der Waals surface area contributed by atoms with Gasteiger partial charge in [-0.3, -0.25) is 0 Å². The van der Waals surface area contributed by atoms with Gasteiger partial charge in [0.05, 0.1) is 6.10 Å². The van der Waals surface area contributed by atoms with Crippen molar-refractivity contribution in [2.45, 2.75) is 45.8 Å².